The summed E-state index contributed by atoms with van der Waals surface area (Å²) in [6.45, 7) is 0. The van der Waals surface area contributed by atoms with E-state index in [2.05, 4.69) is 4.98 Å². The molecule has 4 rings (SSSR count). The zero-order chi connectivity index (χ0) is 12.3. The molecule has 18 heavy (non-hydrogen) atoms. The lowest BCUT2D eigenvalue weighted by atomic mass is 10.0. The Labute approximate surface area is 101 Å². The predicted octanol–water partition coefficient (Wildman–Crippen LogP) is 3.82. The summed E-state index contributed by atoms with van der Waals surface area (Å²) in [4.78, 5) is 14.0. The minimum absolute atomic E-state index is 0.161. The third-order valence-corrected chi connectivity index (χ3v) is 3.46. The minimum atomic E-state index is -0.328. The van der Waals surface area contributed by atoms with E-state index in [0.29, 0.717) is 5.39 Å². The third-order valence-electron chi connectivity index (χ3n) is 3.46. The second kappa shape index (κ2) is 2.98. The van der Waals surface area contributed by atoms with E-state index in [1.807, 2.05) is 30.3 Å². The first kappa shape index (κ1) is 9.41. The smallest absolute Gasteiger partial charge is 0.277 e. The molecule has 0 saturated heterocycles. The summed E-state index contributed by atoms with van der Waals surface area (Å²) in [5, 5.41) is 14.9. The Balaban J connectivity index is 2.38. The maximum absolute atomic E-state index is 11.1. The molecule has 3 aromatic carbocycles. The summed E-state index contributed by atoms with van der Waals surface area (Å²) >= 11 is 0. The van der Waals surface area contributed by atoms with Crippen LogP contribution in [0.2, 0.25) is 0 Å². The van der Waals surface area contributed by atoms with Crippen molar-refractivity contribution in [1.29, 1.82) is 0 Å². The number of H-pyrrole nitrogens is 1. The van der Waals surface area contributed by atoms with Crippen LogP contribution in [-0.2, 0) is 0 Å². The van der Waals surface area contributed by atoms with Crippen LogP contribution >= 0.6 is 0 Å². The van der Waals surface area contributed by atoms with Gasteiger partial charge in [0.05, 0.1) is 10.3 Å². The van der Waals surface area contributed by atoms with Crippen LogP contribution in [0.25, 0.3) is 32.6 Å². The number of nitrogens with one attached hydrogen (secondary N) is 1. The standard InChI is InChI=1S/C14H8N2O2/c17-16(18)12-7-6-11-14-9(12)5-4-8-2-1-3-10(15-11)13(8)14/h1-7,15H. The highest BCUT2D eigenvalue weighted by molar-refractivity contribution is 6.24. The van der Waals surface area contributed by atoms with Crippen LogP contribution in [0.5, 0.6) is 0 Å². The molecule has 0 atom stereocenters. The number of non-ortho nitro benzene ring substituents is 1. The Morgan fingerprint density at radius 2 is 1.78 bits per heavy atom. The van der Waals surface area contributed by atoms with Gasteiger partial charge >= 0.3 is 0 Å². The summed E-state index contributed by atoms with van der Waals surface area (Å²) in [5.74, 6) is 0. The SMILES string of the molecule is O=[N+]([O-])c1ccc2[nH]c3cccc4ccc1c2c43. The fourth-order valence-electron chi connectivity index (χ4n) is 2.72. The predicted molar refractivity (Wildman–Crippen MR) is 71.2 cm³/mol. The molecule has 0 amide bonds. The van der Waals surface area contributed by atoms with Gasteiger partial charge in [-0.05, 0) is 23.6 Å². The lowest BCUT2D eigenvalue weighted by molar-refractivity contribution is -0.383. The number of rotatable bonds is 1. The maximum atomic E-state index is 11.1. The number of benzene rings is 3. The Bertz CT molecular complexity index is 908. The molecule has 1 aromatic heterocycles. The van der Waals surface area contributed by atoms with Gasteiger partial charge in [0.15, 0.2) is 0 Å². The molecule has 0 spiro atoms. The molecule has 4 aromatic rings. The third kappa shape index (κ3) is 0.996. The van der Waals surface area contributed by atoms with Gasteiger partial charge in [-0.3, -0.25) is 10.1 Å². The van der Waals surface area contributed by atoms with Crippen LogP contribution in [0.4, 0.5) is 5.69 Å². The number of nitrogens with zero attached hydrogens (tertiary/aromatic N) is 1. The Kier molecular flexibility index (Phi) is 1.56. The Hall–Kier alpha value is -2.62. The van der Waals surface area contributed by atoms with E-state index in [1.54, 1.807) is 12.1 Å². The van der Waals surface area contributed by atoms with Crippen molar-refractivity contribution < 1.29 is 4.92 Å². The fourth-order valence-corrected chi connectivity index (χ4v) is 2.72. The Morgan fingerprint density at radius 1 is 0.944 bits per heavy atom. The molecule has 86 valence electrons. The van der Waals surface area contributed by atoms with Gasteiger partial charge in [-0.2, -0.15) is 0 Å². The largest absolute Gasteiger partial charge is 0.354 e. The van der Waals surface area contributed by atoms with E-state index in [4.69, 9.17) is 0 Å². The van der Waals surface area contributed by atoms with Gasteiger partial charge in [-0.25, -0.2) is 0 Å². The molecule has 0 unspecified atom stereocenters. The highest BCUT2D eigenvalue weighted by Crippen LogP contribution is 2.38. The number of hydrogen-bond donors (Lipinski definition) is 1. The van der Waals surface area contributed by atoms with Crippen molar-refractivity contribution >= 4 is 38.3 Å². The van der Waals surface area contributed by atoms with E-state index in [-0.39, 0.29) is 10.6 Å². The average molecular weight is 236 g/mol. The van der Waals surface area contributed by atoms with Crippen LogP contribution in [0.15, 0.2) is 42.5 Å². The molecular weight excluding hydrogens is 228 g/mol. The number of hydrogen-bond acceptors (Lipinski definition) is 2. The van der Waals surface area contributed by atoms with E-state index < -0.39 is 0 Å². The molecule has 0 fully saturated rings. The highest BCUT2D eigenvalue weighted by atomic mass is 16.6. The summed E-state index contributed by atoms with van der Waals surface area (Å²) in [6.07, 6.45) is 0. The first-order chi connectivity index (χ1) is 8.75. The summed E-state index contributed by atoms with van der Waals surface area (Å²) in [5.41, 5.74) is 2.13. The normalized spacial score (nSPS) is 11.8. The van der Waals surface area contributed by atoms with Crippen LogP contribution in [0, 0.1) is 10.1 Å². The molecule has 0 aliphatic heterocycles. The number of aromatic amines is 1. The highest BCUT2D eigenvalue weighted by Gasteiger charge is 2.17. The molecule has 0 saturated carbocycles. The van der Waals surface area contributed by atoms with Gasteiger partial charge in [-0.1, -0.05) is 18.2 Å². The van der Waals surface area contributed by atoms with Gasteiger partial charge in [-0.15, -0.1) is 0 Å². The monoisotopic (exact) mass is 236 g/mol. The molecule has 0 radical (unpaired) electrons. The van der Waals surface area contributed by atoms with Crippen molar-refractivity contribution in [2.75, 3.05) is 0 Å². The van der Waals surface area contributed by atoms with E-state index in [1.165, 1.54) is 0 Å². The molecule has 0 bridgehead atoms. The molecule has 4 nitrogen and oxygen atoms in total. The van der Waals surface area contributed by atoms with E-state index in [0.717, 1.165) is 27.2 Å². The summed E-state index contributed by atoms with van der Waals surface area (Å²) < 4.78 is 0. The maximum Gasteiger partial charge on any atom is 0.277 e. The number of aromatic nitrogens is 1. The van der Waals surface area contributed by atoms with Crippen molar-refractivity contribution in [2.45, 2.75) is 0 Å². The van der Waals surface area contributed by atoms with Crippen molar-refractivity contribution in [3.63, 3.8) is 0 Å². The van der Waals surface area contributed by atoms with Crippen molar-refractivity contribution in [1.82, 2.24) is 4.98 Å². The van der Waals surface area contributed by atoms with Crippen molar-refractivity contribution in [2.24, 2.45) is 0 Å². The molecule has 0 aliphatic rings. The average Bonchev–Trinajstić information content (AvgIpc) is 2.75. The lowest BCUT2D eigenvalue weighted by Gasteiger charge is -2.02. The van der Waals surface area contributed by atoms with Gasteiger partial charge < -0.3 is 4.98 Å². The first-order valence-electron chi connectivity index (χ1n) is 5.65. The molecule has 0 aliphatic carbocycles. The van der Waals surface area contributed by atoms with Gasteiger partial charge in [0.25, 0.3) is 5.69 Å². The van der Waals surface area contributed by atoms with Crippen LogP contribution in [-0.4, -0.2) is 9.91 Å². The summed E-state index contributed by atoms with van der Waals surface area (Å²) in [6, 6.07) is 13.1. The van der Waals surface area contributed by atoms with E-state index >= 15 is 0 Å². The quantitative estimate of drug-likeness (QED) is 0.310. The fraction of sp³-hybridized carbons (Fsp3) is 0. The molecule has 1 N–H and O–H groups in total. The molecule has 4 heteroatoms. The second-order valence-electron chi connectivity index (χ2n) is 4.41. The van der Waals surface area contributed by atoms with Crippen LogP contribution < -0.4 is 0 Å². The topological polar surface area (TPSA) is 58.9 Å². The van der Waals surface area contributed by atoms with Crippen molar-refractivity contribution in [3.05, 3.63) is 52.6 Å². The molecular formula is C14H8N2O2. The lowest BCUT2D eigenvalue weighted by Crippen LogP contribution is -1.89. The van der Waals surface area contributed by atoms with Crippen LogP contribution in [0.3, 0.4) is 0 Å². The minimum Gasteiger partial charge on any atom is -0.354 e. The molecule has 1 heterocycles. The second-order valence-corrected chi connectivity index (χ2v) is 4.41. The number of nitro benzene ring substituents is 1. The zero-order valence-electron chi connectivity index (χ0n) is 9.31. The first-order valence-corrected chi connectivity index (χ1v) is 5.65. The Morgan fingerprint density at radius 3 is 2.61 bits per heavy atom. The van der Waals surface area contributed by atoms with Crippen molar-refractivity contribution in [3.8, 4) is 0 Å². The van der Waals surface area contributed by atoms with Gasteiger partial charge in [0.2, 0.25) is 0 Å². The summed E-state index contributed by atoms with van der Waals surface area (Å²) in [7, 11) is 0. The zero-order valence-corrected chi connectivity index (χ0v) is 9.31. The van der Waals surface area contributed by atoms with Gasteiger partial charge in [0.1, 0.15) is 0 Å². The van der Waals surface area contributed by atoms with E-state index in [9.17, 15) is 10.1 Å². The van der Waals surface area contributed by atoms with Gasteiger partial charge in [0, 0.05) is 27.9 Å². The van der Waals surface area contributed by atoms with Crippen LogP contribution in [0.1, 0.15) is 0 Å². The number of nitro groups is 1.